The van der Waals surface area contributed by atoms with Gasteiger partial charge in [-0.2, -0.15) is 0 Å². The van der Waals surface area contributed by atoms with Crippen molar-refractivity contribution in [2.45, 2.75) is 47.0 Å². The summed E-state index contributed by atoms with van der Waals surface area (Å²) in [5.74, 6) is 2.26. The minimum absolute atomic E-state index is 0. The van der Waals surface area contributed by atoms with Crippen LogP contribution in [0.15, 0.2) is 4.99 Å². The molecule has 5 nitrogen and oxygen atoms in total. The van der Waals surface area contributed by atoms with Crippen LogP contribution < -0.4 is 10.6 Å². The molecule has 1 fully saturated rings. The zero-order valence-electron chi connectivity index (χ0n) is 16.1. The number of guanidine groups is 1. The van der Waals surface area contributed by atoms with E-state index in [2.05, 4.69) is 43.2 Å². The highest BCUT2D eigenvalue weighted by Crippen LogP contribution is 2.16. The number of aliphatic imine (C=N–C) groups is 1. The van der Waals surface area contributed by atoms with Gasteiger partial charge in [-0.15, -0.1) is 24.0 Å². The molecule has 0 aromatic rings. The molecule has 0 aliphatic carbocycles. The SMILES string of the molecule is CCNC(=NCC1CCCN(CC)C1)NCCCOCC(C)C.I. The van der Waals surface area contributed by atoms with Crippen LogP contribution in [-0.4, -0.2) is 63.3 Å². The van der Waals surface area contributed by atoms with Crippen LogP contribution in [0.4, 0.5) is 0 Å². The number of rotatable bonds is 10. The van der Waals surface area contributed by atoms with Crippen LogP contribution in [0.3, 0.4) is 0 Å². The van der Waals surface area contributed by atoms with E-state index in [-0.39, 0.29) is 24.0 Å². The second-order valence-corrected chi connectivity index (χ2v) is 6.87. The molecule has 0 amide bonds. The van der Waals surface area contributed by atoms with Crippen LogP contribution in [0, 0.1) is 11.8 Å². The Balaban J connectivity index is 0.00000529. The second kappa shape index (κ2) is 15.2. The van der Waals surface area contributed by atoms with Crippen molar-refractivity contribution in [1.82, 2.24) is 15.5 Å². The van der Waals surface area contributed by atoms with Crippen molar-refractivity contribution in [3.63, 3.8) is 0 Å². The van der Waals surface area contributed by atoms with Gasteiger partial charge in [-0.3, -0.25) is 4.99 Å². The number of likely N-dealkylation sites (tertiary alicyclic amines) is 1. The smallest absolute Gasteiger partial charge is 0.191 e. The minimum Gasteiger partial charge on any atom is -0.381 e. The molecule has 0 aromatic carbocycles. The summed E-state index contributed by atoms with van der Waals surface area (Å²) in [6.07, 6.45) is 3.64. The van der Waals surface area contributed by atoms with Crippen LogP contribution in [0.2, 0.25) is 0 Å². The van der Waals surface area contributed by atoms with E-state index in [1.165, 1.54) is 25.9 Å². The second-order valence-electron chi connectivity index (χ2n) is 6.87. The van der Waals surface area contributed by atoms with E-state index in [0.717, 1.165) is 51.8 Å². The molecule has 1 unspecified atom stereocenters. The Morgan fingerprint density at radius 3 is 2.75 bits per heavy atom. The summed E-state index contributed by atoms with van der Waals surface area (Å²) in [7, 11) is 0. The molecule has 1 aliphatic rings. The third-order valence-corrected chi connectivity index (χ3v) is 4.11. The van der Waals surface area contributed by atoms with Crippen molar-refractivity contribution < 1.29 is 4.74 Å². The van der Waals surface area contributed by atoms with Crippen LogP contribution in [0.5, 0.6) is 0 Å². The molecule has 0 aromatic heterocycles. The lowest BCUT2D eigenvalue weighted by Gasteiger charge is -2.31. The maximum atomic E-state index is 5.61. The van der Waals surface area contributed by atoms with Crippen LogP contribution >= 0.6 is 24.0 Å². The van der Waals surface area contributed by atoms with Gasteiger partial charge in [0.2, 0.25) is 0 Å². The van der Waals surface area contributed by atoms with Crippen LogP contribution in [0.1, 0.15) is 47.0 Å². The predicted octanol–water partition coefficient (Wildman–Crippen LogP) is 2.95. The normalized spacial score (nSPS) is 19.2. The van der Waals surface area contributed by atoms with E-state index in [1.54, 1.807) is 0 Å². The number of halogens is 1. The largest absolute Gasteiger partial charge is 0.381 e. The van der Waals surface area contributed by atoms with Gasteiger partial charge in [0.05, 0.1) is 0 Å². The number of hydrogen-bond donors (Lipinski definition) is 2. The molecule has 0 radical (unpaired) electrons. The van der Waals surface area contributed by atoms with Gasteiger partial charge >= 0.3 is 0 Å². The predicted molar refractivity (Wildman–Crippen MR) is 115 cm³/mol. The van der Waals surface area contributed by atoms with Crippen molar-refractivity contribution in [3.05, 3.63) is 0 Å². The fourth-order valence-electron chi connectivity index (χ4n) is 2.85. The average Bonchev–Trinajstić information content (AvgIpc) is 2.55. The monoisotopic (exact) mass is 454 g/mol. The molecule has 0 saturated carbocycles. The quantitative estimate of drug-likeness (QED) is 0.231. The molecule has 6 heteroatoms. The van der Waals surface area contributed by atoms with E-state index >= 15 is 0 Å². The Kier molecular flexibility index (Phi) is 15.1. The van der Waals surface area contributed by atoms with Crippen molar-refractivity contribution in [1.29, 1.82) is 0 Å². The van der Waals surface area contributed by atoms with Crippen molar-refractivity contribution >= 4 is 29.9 Å². The van der Waals surface area contributed by atoms with Crippen molar-refractivity contribution in [2.75, 3.05) is 52.5 Å². The topological polar surface area (TPSA) is 48.9 Å². The molecule has 24 heavy (non-hydrogen) atoms. The van der Waals surface area contributed by atoms with E-state index in [9.17, 15) is 0 Å². The molecule has 1 rings (SSSR count). The minimum atomic E-state index is 0. The van der Waals surface area contributed by atoms with Gasteiger partial charge in [0.15, 0.2) is 5.96 Å². The Bertz CT molecular complexity index is 326. The van der Waals surface area contributed by atoms with Gasteiger partial charge in [-0.05, 0) is 51.1 Å². The molecule has 2 N–H and O–H groups in total. The first-order valence-corrected chi connectivity index (χ1v) is 9.47. The van der Waals surface area contributed by atoms with E-state index < -0.39 is 0 Å². The molecule has 1 saturated heterocycles. The third kappa shape index (κ3) is 11.5. The maximum absolute atomic E-state index is 5.61. The standard InChI is InChI=1S/C18H38N4O.HI/c1-5-19-18(20-10-8-12-23-15-16(3)4)21-13-17-9-7-11-22(6-2)14-17;/h16-17H,5-15H2,1-4H3,(H2,19,20,21);1H. The maximum Gasteiger partial charge on any atom is 0.191 e. The summed E-state index contributed by atoms with van der Waals surface area (Å²) in [6.45, 7) is 16.7. The van der Waals surface area contributed by atoms with Gasteiger partial charge in [-0.25, -0.2) is 0 Å². The van der Waals surface area contributed by atoms with Gasteiger partial charge in [0, 0.05) is 39.4 Å². The Hall–Kier alpha value is -0.0800. The number of piperidine rings is 1. The van der Waals surface area contributed by atoms with E-state index in [1.807, 2.05) is 0 Å². The molecule has 1 heterocycles. The number of nitrogens with one attached hydrogen (secondary N) is 2. The first-order chi connectivity index (χ1) is 11.2. The Labute approximate surface area is 166 Å². The van der Waals surface area contributed by atoms with Gasteiger partial charge in [0.25, 0.3) is 0 Å². The number of ether oxygens (including phenoxy) is 1. The Morgan fingerprint density at radius 1 is 1.29 bits per heavy atom. The van der Waals surface area contributed by atoms with Gasteiger partial charge in [0.1, 0.15) is 0 Å². The fraction of sp³-hybridized carbons (Fsp3) is 0.944. The highest BCUT2D eigenvalue weighted by atomic mass is 127. The van der Waals surface area contributed by atoms with Crippen LogP contribution in [0.25, 0.3) is 0 Å². The third-order valence-electron chi connectivity index (χ3n) is 4.11. The number of hydrogen-bond acceptors (Lipinski definition) is 3. The number of nitrogens with zero attached hydrogens (tertiary/aromatic N) is 2. The zero-order valence-corrected chi connectivity index (χ0v) is 18.5. The van der Waals surface area contributed by atoms with Crippen molar-refractivity contribution in [2.24, 2.45) is 16.8 Å². The van der Waals surface area contributed by atoms with Gasteiger partial charge in [-0.1, -0.05) is 20.8 Å². The van der Waals surface area contributed by atoms with E-state index in [0.29, 0.717) is 11.8 Å². The highest BCUT2D eigenvalue weighted by molar-refractivity contribution is 14.0. The molecular formula is C18H39IN4O. The summed E-state index contributed by atoms with van der Waals surface area (Å²) >= 11 is 0. The zero-order chi connectivity index (χ0) is 16.9. The van der Waals surface area contributed by atoms with E-state index in [4.69, 9.17) is 9.73 Å². The summed E-state index contributed by atoms with van der Waals surface area (Å²) in [5.41, 5.74) is 0. The summed E-state index contributed by atoms with van der Waals surface area (Å²) in [5, 5.41) is 6.76. The molecular weight excluding hydrogens is 415 g/mol. The molecule has 1 atom stereocenters. The first-order valence-electron chi connectivity index (χ1n) is 9.47. The lowest BCUT2D eigenvalue weighted by molar-refractivity contribution is 0.108. The van der Waals surface area contributed by atoms with Crippen molar-refractivity contribution in [3.8, 4) is 0 Å². The average molecular weight is 454 g/mol. The summed E-state index contributed by atoms with van der Waals surface area (Å²) < 4.78 is 5.61. The van der Waals surface area contributed by atoms with Crippen LogP contribution in [-0.2, 0) is 4.74 Å². The lowest BCUT2D eigenvalue weighted by atomic mass is 9.98. The first kappa shape index (κ1) is 23.9. The highest BCUT2D eigenvalue weighted by Gasteiger charge is 2.18. The molecule has 0 bridgehead atoms. The summed E-state index contributed by atoms with van der Waals surface area (Å²) in [4.78, 5) is 7.32. The fourth-order valence-corrected chi connectivity index (χ4v) is 2.85. The van der Waals surface area contributed by atoms with Gasteiger partial charge < -0.3 is 20.3 Å². The Morgan fingerprint density at radius 2 is 2.08 bits per heavy atom. The lowest BCUT2D eigenvalue weighted by Crippen LogP contribution is -2.40. The molecule has 1 aliphatic heterocycles. The molecule has 144 valence electrons. The summed E-state index contributed by atoms with van der Waals surface area (Å²) in [6, 6.07) is 0. The molecule has 0 spiro atoms.